The molecule has 1 aliphatic heterocycles. The molecule has 3 rings (SSSR count). The van der Waals surface area contributed by atoms with Crippen LogP contribution in [-0.2, 0) is 4.79 Å². The van der Waals surface area contributed by atoms with Crippen LogP contribution in [-0.4, -0.2) is 52.4 Å². The van der Waals surface area contributed by atoms with E-state index in [4.69, 9.17) is 0 Å². The molecule has 3 heterocycles. The third-order valence-electron chi connectivity index (χ3n) is 3.68. The average molecular weight is 318 g/mol. The first-order valence-electron chi connectivity index (χ1n) is 7.09. The maximum absolute atomic E-state index is 11.8. The highest BCUT2D eigenvalue weighted by atomic mass is 32.1. The van der Waals surface area contributed by atoms with Crippen LogP contribution >= 0.6 is 11.3 Å². The van der Waals surface area contributed by atoms with Crippen molar-refractivity contribution in [2.45, 2.75) is 13.0 Å². The quantitative estimate of drug-likeness (QED) is 0.918. The van der Waals surface area contributed by atoms with Crippen molar-refractivity contribution in [2.75, 3.05) is 36.9 Å². The molecule has 8 heteroatoms. The van der Waals surface area contributed by atoms with E-state index in [1.165, 1.54) is 6.33 Å². The Kier molecular flexibility index (Phi) is 4.19. The summed E-state index contributed by atoms with van der Waals surface area (Å²) in [5.41, 5.74) is 1.81. The van der Waals surface area contributed by atoms with Crippen LogP contribution in [0.4, 0.5) is 11.6 Å². The van der Waals surface area contributed by atoms with Crippen LogP contribution in [0.2, 0.25) is 0 Å². The highest BCUT2D eigenvalue weighted by molar-refractivity contribution is 7.09. The van der Waals surface area contributed by atoms with Gasteiger partial charge in [0.1, 0.15) is 18.0 Å². The fourth-order valence-corrected chi connectivity index (χ4v) is 2.91. The fourth-order valence-electron chi connectivity index (χ4n) is 2.29. The number of nitrogens with one attached hydrogen (secondary N) is 1. The van der Waals surface area contributed by atoms with Gasteiger partial charge in [0.05, 0.1) is 18.1 Å². The summed E-state index contributed by atoms with van der Waals surface area (Å²) in [6.45, 7) is 3.91. The van der Waals surface area contributed by atoms with Crippen molar-refractivity contribution >= 4 is 28.9 Å². The van der Waals surface area contributed by atoms with E-state index < -0.39 is 0 Å². The monoisotopic (exact) mass is 318 g/mol. The van der Waals surface area contributed by atoms with Crippen molar-refractivity contribution < 1.29 is 4.79 Å². The van der Waals surface area contributed by atoms with Crippen molar-refractivity contribution in [2.24, 2.45) is 0 Å². The predicted molar refractivity (Wildman–Crippen MR) is 86.0 cm³/mol. The van der Waals surface area contributed by atoms with Crippen LogP contribution in [0, 0.1) is 0 Å². The van der Waals surface area contributed by atoms with E-state index in [1.54, 1.807) is 16.2 Å². The number of likely N-dealkylation sites (N-methyl/N-ethyl adjacent to an activating group) is 1. The molecule has 0 saturated carbocycles. The van der Waals surface area contributed by atoms with Crippen LogP contribution < -0.4 is 10.2 Å². The lowest BCUT2D eigenvalue weighted by molar-refractivity contribution is -0.129. The Balaban J connectivity index is 1.71. The minimum atomic E-state index is 0.109. The zero-order chi connectivity index (χ0) is 15.5. The second kappa shape index (κ2) is 6.27. The van der Waals surface area contributed by atoms with Gasteiger partial charge in [-0.1, -0.05) is 0 Å². The Morgan fingerprint density at radius 2 is 2.23 bits per heavy atom. The summed E-state index contributed by atoms with van der Waals surface area (Å²) < 4.78 is 0. The largest absolute Gasteiger partial charge is 0.363 e. The van der Waals surface area contributed by atoms with E-state index in [1.807, 2.05) is 29.7 Å². The Morgan fingerprint density at radius 1 is 1.36 bits per heavy atom. The lowest BCUT2D eigenvalue weighted by Crippen LogP contribution is -2.48. The van der Waals surface area contributed by atoms with Crippen LogP contribution in [0.5, 0.6) is 0 Å². The van der Waals surface area contributed by atoms with E-state index in [0.717, 1.165) is 23.1 Å². The molecule has 0 unspecified atom stereocenters. The van der Waals surface area contributed by atoms with E-state index in [-0.39, 0.29) is 11.9 Å². The van der Waals surface area contributed by atoms with Gasteiger partial charge in [-0.25, -0.2) is 9.97 Å². The molecule has 1 saturated heterocycles. The Hall–Kier alpha value is -2.22. The molecule has 1 atom stereocenters. The lowest BCUT2D eigenvalue weighted by Gasteiger charge is -2.32. The molecule has 0 aliphatic carbocycles. The Bertz CT molecular complexity index is 647. The number of carbonyl (C=O) groups is 1. The van der Waals surface area contributed by atoms with Gasteiger partial charge in [0.15, 0.2) is 0 Å². The number of anilines is 2. The minimum absolute atomic E-state index is 0.109. The standard InChI is InChI=1S/C14H18N6OS/c1-10(11-6-15-9-22-11)18-12-5-13(17-8-16-12)20-4-3-19(2)14(21)7-20/h5-6,8-10H,3-4,7H2,1-2H3,(H,16,17,18)/t10-/m0/s1. The van der Waals surface area contributed by atoms with Gasteiger partial charge in [0.2, 0.25) is 5.91 Å². The van der Waals surface area contributed by atoms with Gasteiger partial charge < -0.3 is 15.1 Å². The zero-order valence-corrected chi connectivity index (χ0v) is 13.4. The molecule has 1 aliphatic rings. The lowest BCUT2D eigenvalue weighted by atomic mass is 10.3. The summed E-state index contributed by atoms with van der Waals surface area (Å²) in [4.78, 5) is 29.3. The number of carbonyl (C=O) groups excluding carboxylic acids is 1. The van der Waals surface area contributed by atoms with Crippen molar-refractivity contribution in [3.63, 3.8) is 0 Å². The Morgan fingerprint density at radius 3 is 2.95 bits per heavy atom. The topological polar surface area (TPSA) is 74.2 Å². The highest BCUT2D eigenvalue weighted by Crippen LogP contribution is 2.22. The minimum Gasteiger partial charge on any atom is -0.363 e. The SMILES string of the molecule is C[C@H](Nc1cc(N2CCN(C)C(=O)C2)ncn1)c1cncs1. The van der Waals surface area contributed by atoms with Crippen LogP contribution in [0.15, 0.2) is 24.1 Å². The second-order valence-corrected chi connectivity index (χ2v) is 6.19. The smallest absolute Gasteiger partial charge is 0.241 e. The molecule has 116 valence electrons. The van der Waals surface area contributed by atoms with Crippen molar-refractivity contribution in [1.82, 2.24) is 19.9 Å². The number of hydrogen-bond donors (Lipinski definition) is 1. The number of hydrogen-bond acceptors (Lipinski definition) is 7. The molecule has 2 aromatic heterocycles. The Labute approximate surface area is 133 Å². The number of aromatic nitrogens is 3. The molecule has 2 aromatic rings. The van der Waals surface area contributed by atoms with Crippen LogP contribution in [0.1, 0.15) is 17.8 Å². The molecule has 1 fully saturated rings. The fraction of sp³-hybridized carbons (Fsp3) is 0.429. The molecule has 0 aromatic carbocycles. The number of piperazine rings is 1. The molecular formula is C14H18N6OS. The summed E-state index contributed by atoms with van der Waals surface area (Å²) in [5, 5.41) is 3.34. The van der Waals surface area contributed by atoms with Gasteiger partial charge in [-0.05, 0) is 6.92 Å². The normalized spacial score (nSPS) is 16.7. The molecule has 7 nitrogen and oxygen atoms in total. The van der Waals surface area contributed by atoms with Gasteiger partial charge in [0.25, 0.3) is 0 Å². The van der Waals surface area contributed by atoms with Gasteiger partial charge in [-0.3, -0.25) is 9.78 Å². The summed E-state index contributed by atoms with van der Waals surface area (Å²) >= 11 is 1.61. The summed E-state index contributed by atoms with van der Waals surface area (Å²) in [6.07, 6.45) is 3.38. The number of thiazole rings is 1. The van der Waals surface area contributed by atoms with Crippen molar-refractivity contribution in [3.8, 4) is 0 Å². The molecular weight excluding hydrogens is 300 g/mol. The summed E-state index contributed by atoms with van der Waals surface area (Å²) in [5.74, 6) is 1.63. The van der Waals surface area contributed by atoms with Gasteiger partial charge >= 0.3 is 0 Å². The molecule has 0 spiro atoms. The first-order valence-corrected chi connectivity index (χ1v) is 7.97. The molecule has 1 N–H and O–H groups in total. The molecule has 0 bridgehead atoms. The van der Waals surface area contributed by atoms with E-state index >= 15 is 0 Å². The van der Waals surface area contributed by atoms with Gasteiger partial charge in [-0.2, -0.15) is 0 Å². The van der Waals surface area contributed by atoms with Crippen molar-refractivity contribution in [3.05, 3.63) is 29.0 Å². The third-order valence-corrected chi connectivity index (χ3v) is 4.63. The van der Waals surface area contributed by atoms with Gasteiger partial charge in [0, 0.05) is 37.3 Å². The third kappa shape index (κ3) is 3.16. The van der Waals surface area contributed by atoms with E-state index in [9.17, 15) is 4.79 Å². The highest BCUT2D eigenvalue weighted by Gasteiger charge is 2.22. The average Bonchev–Trinajstić information content (AvgIpc) is 3.05. The predicted octanol–water partition coefficient (Wildman–Crippen LogP) is 1.38. The maximum Gasteiger partial charge on any atom is 0.241 e. The molecule has 1 amide bonds. The van der Waals surface area contributed by atoms with Crippen LogP contribution in [0.3, 0.4) is 0 Å². The number of rotatable bonds is 4. The summed E-state index contributed by atoms with van der Waals surface area (Å²) in [6, 6.07) is 2.01. The molecule has 0 radical (unpaired) electrons. The van der Waals surface area contributed by atoms with Crippen LogP contribution in [0.25, 0.3) is 0 Å². The zero-order valence-electron chi connectivity index (χ0n) is 12.6. The van der Waals surface area contributed by atoms with E-state index in [2.05, 4.69) is 27.2 Å². The number of amides is 1. The summed E-state index contributed by atoms with van der Waals surface area (Å²) in [7, 11) is 1.82. The molecule has 22 heavy (non-hydrogen) atoms. The van der Waals surface area contributed by atoms with Crippen molar-refractivity contribution in [1.29, 1.82) is 0 Å². The van der Waals surface area contributed by atoms with Gasteiger partial charge in [-0.15, -0.1) is 11.3 Å². The second-order valence-electron chi connectivity index (χ2n) is 5.27. The van der Waals surface area contributed by atoms with E-state index in [0.29, 0.717) is 13.1 Å². The maximum atomic E-state index is 11.8. The first-order chi connectivity index (χ1) is 10.6. The first kappa shape index (κ1) is 14.7. The number of nitrogens with zero attached hydrogens (tertiary/aromatic N) is 5.